The van der Waals surface area contributed by atoms with Crippen LogP contribution in [0.5, 0.6) is 5.75 Å². The smallest absolute Gasteiger partial charge is 0.243 e. The Morgan fingerprint density at radius 2 is 1.77 bits per heavy atom. The van der Waals surface area contributed by atoms with Gasteiger partial charge in [-0.1, -0.05) is 12.1 Å². The first-order valence-corrected chi connectivity index (χ1v) is 11.2. The third-order valence-corrected chi connectivity index (χ3v) is 7.09. The van der Waals surface area contributed by atoms with Crippen molar-refractivity contribution in [3.63, 3.8) is 0 Å². The van der Waals surface area contributed by atoms with Crippen molar-refractivity contribution >= 4 is 15.9 Å². The molecule has 1 saturated heterocycles. The summed E-state index contributed by atoms with van der Waals surface area (Å²) < 4.78 is 58.3. The molecule has 0 saturated carbocycles. The zero-order valence-corrected chi connectivity index (χ0v) is 18.2. The number of methoxy groups -OCH3 is 1. The minimum Gasteiger partial charge on any atom is -0.497 e. The summed E-state index contributed by atoms with van der Waals surface area (Å²) in [5, 5.41) is 0. The van der Waals surface area contributed by atoms with Crippen LogP contribution in [0.3, 0.4) is 0 Å². The van der Waals surface area contributed by atoms with Crippen LogP contribution in [0.15, 0.2) is 47.4 Å². The standard InChI is InChI=1S/C21H25F2N3O4S/c1-24(14-16-4-3-5-17(12-16)30-2)21(27)15-25-8-10-26(11-9-25)31(28,29)18-6-7-19(22)20(23)13-18/h3-7,12-13H,8-11,14-15H2,1-2H3. The number of rotatable bonds is 7. The molecule has 7 nitrogen and oxygen atoms in total. The Labute approximate surface area is 180 Å². The summed E-state index contributed by atoms with van der Waals surface area (Å²) in [6.07, 6.45) is 0. The highest BCUT2D eigenvalue weighted by molar-refractivity contribution is 7.89. The summed E-state index contributed by atoms with van der Waals surface area (Å²) in [4.78, 5) is 15.8. The molecule has 0 aromatic heterocycles. The Kier molecular flexibility index (Phi) is 7.24. The van der Waals surface area contributed by atoms with Crippen LogP contribution < -0.4 is 4.74 Å². The molecule has 0 unspecified atom stereocenters. The first-order chi connectivity index (χ1) is 14.7. The zero-order chi connectivity index (χ0) is 22.6. The normalized spacial score (nSPS) is 15.6. The molecule has 0 aliphatic carbocycles. The van der Waals surface area contributed by atoms with Crippen molar-refractivity contribution in [3.8, 4) is 5.75 Å². The number of carbonyl (C=O) groups excluding carboxylic acids is 1. The fraction of sp³-hybridized carbons (Fsp3) is 0.381. The summed E-state index contributed by atoms with van der Waals surface area (Å²) in [5.74, 6) is -1.67. The van der Waals surface area contributed by atoms with Crippen molar-refractivity contribution in [2.45, 2.75) is 11.4 Å². The quantitative estimate of drug-likeness (QED) is 0.641. The van der Waals surface area contributed by atoms with E-state index >= 15 is 0 Å². The van der Waals surface area contributed by atoms with Gasteiger partial charge in [-0.05, 0) is 35.9 Å². The molecule has 0 atom stereocenters. The molecule has 0 bridgehead atoms. The Morgan fingerprint density at radius 3 is 2.42 bits per heavy atom. The van der Waals surface area contributed by atoms with Crippen LogP contribution in [0.2, 0.25) is 0 Å². The molecule has 1 fully saturated rings. The van der Waals surface area contributed by atoms with Crippen LogP contribution >= 0.6 is 0 Å². The van der Waals surface area contributed by atoms with E-state index in [9.17, 15) is 22.0 Å². The highest BCUT2D eigenvalue weighted by Crippen LogP contribution is 2.20. The average molecular weight is 454 g/mol. The number of sulfonamides is 1. The first-order valence-electron chi connectivity index (χ1n) is 9.75. The third kappa shape index (κ3) is 5.57. The number of ether oxygens (including phenoxy) is 1. The number of carbonyl (C=O) groups is 1. The number of nitrogens with zero attached hydrogens (tertiary/aromatic N) is 3. The number of piperazine rings is 1. The predicted molar refractivity (Wildman–Crippen MR) is 111 cm³/mol. The average Bonchev–Trinajstić information content (AvgIpc) is 2.76. The van der Waals surface area contributed by atoms with Crippen molar-refractivity contribution in [2.75, 3.05) is 46.9 Å². The minimum atomic E-state index is -3.92. The highest BCUT2D eigenvalue weighted by Gasteiger charge is 2.30. The Bertz CT molecular complexity index is 1040. The van der Waals surface area contributed by atoms with Crippen LogP contribution in [0.1, 0.15) is 5.56 Å². The molecular weight excluding hydrogens is 428 g/mol. The van der Waals surface area contributed by atoms with Gasteiger partial charge in [0.05, 0.1) is 18.6 Å². The van der Waals surface area contributed by atoms with E-state index in [1.54, 1.807) is 19.1 Å². The van der Waals surface area contributed by atoms with E-state index in [1.165, 1.54) is 4.31 Å². The summed E-state index contributed by atoms with van der Waals surface area (Å²) in [6.45, 7) is 1.64. The highest BCUT2D eigenvalue weighted by atomic mass is 32.2. The predicted octanol–water partition coefficient (Wildman–Crippen LogP) is 1.94. The molecule has 31 heavy (non-hydrogen) atoms. The lowest BCUT2D eigenvalue weighted by Crippen LogP contribution is -2.51. The summed E-state index contributed by atoms with van der Waals surface area (Å²) in [5.41, 5.74) is 0.942. The molecule has 3 rings (SSSR count). The lowest BCUT2D eigenvalue weighted by atomic mass is 10.2. The molecule has 1 aliphatic heterocycles. The van der Waals surface area contributed by atoms with Crippen LogP contribution in [-0.4, -0.2) is 75.3 Å². The maximum atomic E-state index is 13.4. The molecule has 0 spiro atoms. The number of hydrogen-bond acceptors (Lipinski definition) is 5. The number of hydrogen-bond donors (Lipinski definition) is 0. The molecule has 2 aromatic carbocycles. The fourth-order valence-corrected chi connectivity index (χ4v) is 4.79. The van der Waals surface area contributed by atoms with E-state index in [-0.39, 0.29) is 30.4 Å². The number of likely N-dealkylation sites (N-methyl/N-ethyl adjacent to an activating group) is 1. The van der Waals surface area contributed by atoms with Gasteiger partial charge in [0, 0.05) is 39.8 Å². The molecular formula is C21H25F2N3O4S. The van der Waals surface area contributed by atoms with Crippen LogP contribution in [0.4, 0.5) is 8.78 Å². The molecule has 1 heterocycles. The molecule has 0 N–H and O–H groups in total. The summed E-state index contributed by atoms with van der Waals surface area (Å²) in [7, 11) is -0.626. The lowest BCUT2D eigenvalue weighted by Gasteiger charge is -2.34. The van der Waals surface area contributed by atoms with Crippen molar-refractivity contribution in [3.05, 3.63) is 59.7 Å². The number of benzene rings is 2. The summed E-state index contributed by atoms with van der Waals surface area (Å²) in [6, 6.07) is 10.0. The van der Waals surface area contributed by atoms with E-state index in [1.807, 2.05) is 29.2 Å². The van der Waals surface area contributed by atoms with Gasteiger partial charge in [-0.2, -0.15) is 4.31 Å². The van der Waals surface area contributed by atoms with Gasteiger partial charge in [0.15, 0.2) is 11.6 Å². The Balaban J connectivity index is 1.54. The second kappa shape index (κ2) is 9.71. The van der Waals surface area contributed by atoms with Crippen molar-refractivity contribution in [1.82, 2.24) is 14.1 Å². The van der Waals surface area contributed by atoms with Crippen molar-refractivity contribution < 1.29 is 26.7 Å². The number of halogens is 2. The fourth-order valence-electron chi connectivity index (χ4n) is 3.36. The van der Waals surface area contributed by atoms with Gasteiger partial charge in [-0.3, -0.25) is 9.69 Å². The molecule has 168 valence electrons. The zero-order valence-electron chi connectivity index (χ0n) is 17.4. The minimum absolute atomic E-state index is 0.0836. The van der Waals surface area contributed by atoms with E-state index < -0.39 is 21.7 Å². The Morgan fingerprint density at radius 1 is 1.06 bits per heavy atom. The van der Waals surface area contributed by atoms with Crippen LogP contribution in [0.25, 0.3) is 0 Å². The van der Waals surface area contributed by atoms with Crippen molar-refractivity contribution in [2.24, 2.45) is 0 Å². The SMILES string of the molecule is COc1cccc(CN(C)C(=O)CN2CCN(S(=O)(=O)c3ccc(F)c(F)c3)CC2)c1. The van der Waals surface area contributed by atoms with E-state index in [4.69, 9.17) is 4.74 Å². The van der Waals surface area contributed by atoms with Gasteiger partial charge in [0.25, 0.3) is 0 Å². The van der Waals surface area contributed by atoms with Gasteiger partial charge >= 0.3 is 0 Å². The topological polar surface area (TPSA) is 70.2 Å². The largest absolute Gasteiger partial charge is 0.497 e. The van der Waals surface area contributed by atoms with E-state index in [2.05, 4.69) is 0 Å². The van der Waals surface area contributed by atoms with Gasteiger partial charge < -0.3 is 9.64 Å². The van der Waals surface area contributed by atoms with Gasteiger partial charge in [-0.25, -0.2) is 17.2 Å². The maximum Gasteiger partial charge on any atom is 0.243 e. The second-order valence-corrected chi connectivity index (χ2v) is 9.30. The maximum absolute atomic E-state index is 13.4. The molecule has 2 aromatic rings. The van der Waals surface area contributed by atoms with Crippen LogP contribution in [-0.2, 0) is 21.4 Å². The number of amides is 1. The van der Waals surface area contributed by atoms with Crippen molar-refractivity contribution in [1.29, 1.82) is 0 Å². The van der Waals surface area contributed by atoms with Crippen LogP contribution in [0, 0.1) is 11.6 Å². The van der Waals surface area contributed by atoms with E-state index in [0.29, 0.717) is 25.7 Å². The second-order valence-electron chi connectivity index (χ2n) is 7.36. The third-order valence-electron chi connectivity index (χ3n) is 5.20. The van der Waals surface area contributed by atoms with Gasteiger partial charge in [-0.15, -0.1) is 0 Å². The monoisotopic (exact) mass is 453 g/mol. The van der Waals surface area contributed by atoms with E-state index in [0.717, 1.165) is 23.4 Å². The molecule has 1 amide bonds. The molecule has 1 aliphatic rings. The first kappa shape index (κ1) is 23.1. The molecule has 0 radical (unpaired) electrons. The lowest BCUT2D eigenvalue weighted by molar-refractivity contribution is -0.131. The Hall–Kier alpha value is -2.56. The van der Waals surface area contributed by atoms with Gasteiger partial charge in [0.1, 0.15) is 5.75 Å². The summed E-state index contributed by atoms with van der Waals surface area (Å²) >= 11 is 0. The van der Waals surface area contributed by atoms with Gasteiger partial charge in [0.2, 0.25) is 15.9 Å². The molecule has 10 heteroatoms.